The van der Waals surface area contributed by atoms with Crippen LogP contribution in [0, 0.1) is 0 Å². The molecule has 16 heavy (non-hydrogen) atoms. The average Bonchev–Trinajstić information content (AvgIpc) is 2.28. The van der Waals surface area contributed by atoms with Crippen LogP contribution in [-0.4, -0.2) is 18.5 Å². The zero-order valence-electron chi connectivity index (χ0n) is 11.3. The molecule has 0 radical (unpaired) electrons. The molecule has 0 N–H and O–H groups in total. The molecule has 1 unspecified atom stereocenters. The van der Waals surface area contributed by atoms with Crippen LogP contribution in [-0.2, 0) is 9.53 Å². The predicted octanol–water partition coefficient (Wildman–Crippen LogP) is 4.12. The predicted molar refractivity (Wildman–Crippen MR) is 68.7 cm³/mol. The molecule has 0 aliphatic carbocycles. The number of Topliss-reactive ketones (excluding diaryl/α,β-unsaturated/α-hetero) is 1. The van der Waals surface area contributed by atoms with Crippen molar-refractivity contribution in [3.05, 3.63) is 0 Å². The lowest BCUT2D eigenvalue weighted by Crippen LogP contribution is -2.20. The first-order chi connectivity index (χ1) is 7.72. The highest BCUT2D eigenvalue weighted by molar-refractivity contribution is 5.82. The van der Waals surface area contributed by atoms with Crippen LogP contribution >= 0.6 is 0 Å². The summed E-state index contributed by atoms with van der Waals surface area (Å²) >= 11 is 0. The van der Waals surface area contributed by atoms with Gasteiger partial charge in [-0.1, -0.05) is 45.4 Å². The molecular formula is C14H28O2. The SMILES string of the molecule is CCCCCCCCCC(=O)C(C)OCC. The maximum absolute atomic E-state index is 11.5. The molecule has 0 amide bonds. The second-order valence-corrected chi connectivity index (χ2v) is 4.44. The first-order valence-electron chi connectivity index (χ1n) is 6.86. The standard InChI is InChI=1S/C14H28O2/c1-4-6-7-8-9-10-11-12-14(15)13(3)16-5-2/h13H,4-12H2,1-3H3. The Bertz CT molecular complexity index is 166. The summed E-state index contributed by atoms with van der Waals surface area (Å²) in [5.41, 5.74) is 0. The number of hydrogen-bond donors (Lipinski definition) is 0. The molecular weight excluding hydrogens is 200 g/mol. The van der Waals surface area contributed by atoms with E-state index in [-0.39, 0.29) is 11.9 Å². The van der Waals surface area contributed by atoms with Gasteiger partial charge in [0, 0.05) is 13.0 Å². The Kier molecular flexibility index (Phi) is 10.9. The maximum Gasteiger partial charge on any atom is 0.161 e. The fourth-order valence-corrected chi connectivity index (χ4v) is 1.80. The van der Waals surface area contributed by atoms with Gasteiger partial charge in [-0.2, -0.15) is 0 Å². The van der Waals surface area contributed by atoms with E-state index >= 15 is 0 Å². The van der Waals surface area contributed by atoms with Gasteiger partial charge < -0.3 is 4.74 Å². The number of ether oxygens (including phenoxy) is 1. The van der Waals surface area contributed by atoms with E-state index < -0.39 is 0 Å². The summed E-state index contributed by atoms with van der Waals surface area (Å²) in [7, 11) is 0. The first-order valence-corrected chi connectivity index (χ1v) is 6.86. The van der Waals surface area contributed by atoms with Crippen molar-refractivity contribution in [3.8, 4) is 0 Å². The van der Waals surface area contributed by atoms with Gasteiger partial charge in [0.1, 0.15) is 6.10 Å². The highest BCUT2D eigenvalue weighted by Crippen LogP contribution is 2.09. The molecule has 0 aromatic rings. The number of rotatable bonds is 11. The fourth-order valence-electron chi connectivity index (χ4n) is 1.80. The summed E-state index contributed by atoms with van der Waals surface area (Å²) in [6, 6.07) is 0. The van der Waals surface area contributed by atoms with Crippen LogP contribution in [0.25, 0.3) is 0 Å². The Morgan fingerprint density at radius 3 is 2.12 bits per heavy atom. The van der Waals surface area contributed by atoms with E-state index in [4.69, 9.17) is 4.74 Å². The number of unbranched alkanes of at least 4 members (excludes halogenated alkanes) is 6. The summed E-state index contributed by atoms with van der Waals surface area (Å²) in [5, 5.41) is 0. The molecule has 0 aromatic heterocycles. The van der Waals surface area contributed by atoms with E-state index in [0.717, 1.165) is 6.42 Å². The van der Waals surface area contributed by atoms with Gasteiger partial charge in [-0.15, -0.1) is 0 Å². The highest BCUT2D eigenvalue weighted by atomic mass is 16.5. The van der Waals surface area contributed by atoms with Gasteiger partial charge in [0.2, 0.25) is 0 Å². The zero-order chi connectivity index (χ0) is 12.2. The van der Waals surface area contributed by atoms with Gasteiger partial charge in [0.15, 0.2) is 5.78 Å². The van der Waals surface area contributed by atoms with Crippen molar-refractivity contribution in [2.75, 3.05) is 6.61 Å². The van der Waals surface area contributed by atoms with E-state index in [0.29, 0.717) is 13.0 Å². The summed E-state index contributed by atoms with van der Waals surface area (Å²) in [5.74, 6) is 0.260. The Hall–Kier alpha value is -0.370. The van der Waals surface area contributed by atoms with Gasteiger partial charge in [0.05, 0.1) is 0 Å². The van der Waals surface area contributed by atoms with Crippen molar-refractivity contribution in [2.45, 2.75) is 78.2 Å². The molecule has 0 aliphatic heterocycles. The topological polar surface area (TPSA) is 26.3 Å². The second kappa shape index (κ2) is 11.1. The molecule has 96 valence electrons. The molecule has 0 aliphatic rings. The van der Waals surface area contributed by atoms with Crippen LogP contribution in [0.5, 0.6) is 0 Å². The second-order valence-electron chi connectivity index (χ2n) is 4.44. The molecule has 0 saturated carbocycles. The Balaban J connectivity index is 3.27. The summed E-state index contributed by atoms with van der Waals surface area (Å²) in [4.78, 5) is 11.5. The van der Waals surface area contributed by atoms with Crippen LogP contribution in [0.3, 0.4) is 0 Å². The number of carbonyl (C=O) groups excluding carboxylic acids is 1. The third-order valence-electron chi connectivity index (χ3n) is 2.90. The average molecular weight is 228 g/mol. The van der Waals surface area contributed by atoms with Crippen LogP contribution in [0.4, 0.5) is 0 Å². The highest BCUT2D eigenvalue weighted by Gasteiger charge is 2.11. The number of hydrogen-bond acceptors (Lipinski definition) is 2. The molecule has 0 spiro atoms. The third-order valence-corrected chi connectivity index (χ3v) is 2.90. The molecule has 2 nitrogen and oxygen atoms in total. The van der Waals surface area contributed by atoms with Gasteiger partial charge in [-0.05, 0) is 20.3 Å². The Labute approximate surface area is 101 Å². The lowest BCUT2D eigenvalue weighted by molar-refractivity contribution is -0.129. The van der Waals surface area contributed by atoms with Gasteiger partial charge in [0.25, 0.3) is 0 Å². The number of ketones is 1. The molecule has 1 atom stereocenters. The monoisotopic (exact) mass is 228 g/mol. The molecule has 0 rings (SSSR count). The summed E-state index contributed by atoms with van der Waals surface area (Å²) in [6.45, 7) is 6.64. The van der Waals surface area contributed by atoms with Crippen molar-refractivity contribution in [1.82, 2.24) is 0 Å². The van der Waals surface area contributed by atoms with Gasteiger partial charge >= 0.3 is 0 Å². The maximum atomic E-state index is 11.5. The molecule has 0 heterocycles. The van der Waals surface area contributed by atoms with Crippen LogP contribution in [0.2, 0.25) is 0 Å². The van der Waals surface area contributed by atoms with E-state index in [2.05, 4.69) is 6.92 Å². The van der Waals surface area contributed by atoms with Crippen LogP contribution in [0.1, 0.15) is 72.1 Å². The molecule has 2 heteroatoms. The van der Waals surface area contributed by atoms with Crippen molar-refractivity contribution in [1.29, 1.82) is 0 Å². The summed E-state index contributed by atoms with van der Waals surface area (Å²) < 4.78 is 5.26. The molecule has 0 bridgehead atoms. The minimum Gasteiger partial charge on any atom is -0.371 e. The number of carbonyl (C=O) groups is 1. The first kappa shape index (κ1) is 15.6. The van der Waals surface area contributed by atoms with Crippen molar-refractivity contribution in [3.63, 3.8) is 0 Å². The summed E-state index contributed by atoms with van der Waals surface area (Å²) in [6.07, 6.45) is 9.29. The van der Waals surface area contributed by atoms with E-state index in [9.17, 15) is 4.79 Å². The normalized spacial score (nSPS) is 12.7. The van der Waals surface area contributed by atoms with E-state index in [1.54, 1.807) is 0 Å². The lowest BCUT2D eigenvalue weighted by Gasteiger charge is -2.09. The fraction of sp³-hybridized carbons (Fsp3) is 0.929. The molecule has 0 saturated heterocycles. The largest absolute Gasteiger partial charge is 0.371 e. The van der Waals surface area contributed by atoms with E-state index in [1.165, 1.54) is 38.5 Å². The van der Waals surface area contributed by atoms with Gasteiger partial charge in [-0.25, -0.2) is 0 Å². The Morgan fingerprint density at radius 1 is 1.00 bits per heavy atom. The van der Waals surface area contributed by atoms with Crippen LogP contribution in [0.15, 0.2) is 0 Å². The van der Waals surface area contributed by atoms with Crippen molar-refractivity contribution >= 4 is 5.78 Å². The zero-order valence-corrected chi connectivity index (χ0v) is 11.3. The quantitative estimate of drug-likeness (QED) is 0.497. The molecule has 0 aromatic carbocycles. The van der Waals surface area contributed by atoms with E-state index in [1.807, 2.05) is 13.8 Å². The smallest absolute Gasteiger partial charge is 0.161 e. The Morgan fingerprint density at radius 2 is 1.56 bits per heavy atom. The molecule has 0 fully saturated rings. The van der Waals surface area contributed by atoms with Crippen LogP contribution < -0.4 is 0 Å². The third kappa shape index (κ3) is 8.90. The lowest BCUT2D eigenvalue weighted by atomic mass is 10.1. The van der Waals surface area contributed by atoms with Crippen molar-refractivity contribution in [2.24, 2.45) is 0 Å². The minimum atomic E-state index is -0.204. The minimum absolute atomic E-state index is 0.204. The van der Waals surface area contributed by atoms with Gasteiger partial charge in [-0.3, -0.25) is 4.79 Å². The van der Waals surface area contributed by atoms with Crippen molar-refractivity contribution < 1.29 is 9.53 Å².